The molecule has 15 heavy (non-hydrogen) atoms. The predicted molar refractivity (Wildman–Crippen MR) is 61.0 cm³/mol. The minimum Gasteiger partial charge on any atom is -0.329 e. The monoisotopic (exact) mass is 235 g/mol. The molecule has 1 fully saturated rings. The highest BCUT2D eigenvalue weighted by atomic mass is 32.2. The predicted octanol–water partition coefficient (Wildman–Crippen LogP) is -0.795. The van der Waals surface area contributed by atoms with Gasteiger partial charge in [0, 0.05) is 25.7 Å². The van der Waals surface area contributed by atoms with Crippen LogP contribution in [-0.2, 0) is 10.0 Å². The molecule has 1 rings (SSSR count). The molecule has 3 N–H and O–H groups in total. The highest BCUT2D eigenvalue weighted by Crippen LogP contribution is 2.19. The molecule has 90 valence electrons. The summed E-state index contributed by atoms with van der Waals surface area (Å²) in [5.41, 5.74) is 5.29. The van der Waals surface area contributed by atoms with Crippen LogP contribution in [0.25, 0.3) is 0 Å². The molecule has 0 radical (unpaired) electrons. The number of likely N-dealkylation sites (N-methyl/N-ethyl adjacent to an activating group) is 1. The second kappa shape index (κ2) is 5.25. The van der Waals surface area contributed by atoms with E-state index >= 15 is 0 Å². The summed E-state index contributed by atoms with van der Waals surface area (Å²) in [6.07, 6.45) is 0.912. The summed E-state index contributed by atoms with van der Waals surface area (Å²) < 4.78 is 25.1. The maximum atomic E-state index is 11.8. The van der Waals surface area contributed by atoms with Crippen LogP contribution in [0.5, 0.6) is 0 Å². The maximum Gasteiger partial charge on any atom is 0.215 e. The molecule has 1 aliphatic rings. The van der Waals surface area contributed by atoms with Gasteiger partial charge >= 0.3 is 0 Å². The molecule has 0 aromatic heterocycles. The molecule has 1 aliphatic heterocycles. The van der Waals surface area contributed by atoms with E-state index in [9.17, 15) is 8.42 Å². The lowest BCUT2D eigenvalue weighted by Gasteiger charge is -2.36. The summed E-state index contributed by atoms with van der Waals surface area (Å²) in [6, 6.07) is 0.256. The van der Waals surface area contributed by atoms with Crippen LogP contribution in [0.2, 0.25) is 0 Å². The molecule has 0 aromatic carbocycles. The lowest BCUT2D eigenvalue weighted by molar-refractivity contribution is 0.229. The third kappa shape index (κ3) is 3.14. The number of sulfonamides is 1. The first-order valence-corrected chi connectivity index (χ1v) is 6.97. The second-order valence-electron chi connectivity index (χ2n) is 4.12. The molecular formula is C9H21N3O2S. The highest BCUT2D eigenvalue weighted by Gasteiger charge is 2.31. The molecule has 0 amide bonds. The zero-order valence-corrected chi connectivity index (χ0v) is 10.3. The van der Waals surface area contributed by atoms with E-state index in [-0.39, 0.29) is 18.3 Å². The van der Waals surface area contributed by atoms with Crippen LogP contribution in [0.15, 0.2) is 0 Å². The van der Waals surface area contributed by atoms with Crippen molar-refractivity contribution in [3.8, 4) is 0 Å². The van der Waals surface area contributed by atoms with Gasteiger partial charge in [0.15, 0.2) is 0 Å². The molecule has 5 nitrogen and oxygen atoms in total. The van der Waals surface area contributed by atoms with Crippen LogP contribution in [0.1, 0.15) is 13.3 Å². The van der Waals surface area contributed by atoms with E-state index in [2.05, 4.69) is 12.2 Å². The SMILES string of the molecule is CNC1CN(S(=O)(=O)CCN)CCC1C. The van der Waals surface area contributed by atoms with E-state index in [1.807, 2.05) is 7.05 Å². The topological polar surface area (TPSA) is 75.4 Å². The van der Waals surface area contributed by atoms with Gasteiger partial charge in [0.2, 0.25) is 10.0 Å². The van der Waals surface area contributed by atoms with Gasteiger partial charge in [-0.15, -0.1) is 0 Å². The van der Waals surface area contributed by atoms with Gasteiger partial charge in [-0.1, -0.05) is 6.92 Å². The number of rotatable bonds is 4. The summed E-state index contributed by atoms with van der Waals surface area (Å²) in [6.45, 7) is 3.54. The fraction of sp³-hybridized carbons (Fsp3) is 1.00. The minimum absolute atomic E-state index is 0.0534. The molecule has 1 heterocycles. The molecule has 2 atom stereocenters. The number of nitrogens with one attached hydrogen (secondary N) is 1. The molecule has 6 heteroatoms. The van der Waals surface area contributed by atoms with Crippen LogP contribution < -0.4 is 11.1 Å². The van der Waals surface area contributed by atoms with E-state index in [0.29, 0.717) is 19.0 Å². The number of hydrogen-bond acceptors (Lipinski definition) is 4. The van der Waals surface area contributed by atoms with E-state index < -0.39 is 10.0 Å². The first-order valence-electron chi connectivity index (χ1n) is 5.36. The van der Waals surface area contributed by atoms with Crippen LogP contribution >= 0.6 is 0 Å². The van der Waals surface area contributed by atoms with Gasteiger partial charge in [0.05, 0.1) is 5.75 Å². The van der Waals surface area contributed by atoms with Crippen molar-refractivity contribution in [3.05, 3.63) is 0 Å². The number of nitrogens with zero attached hydrogens (tertiary/aromatic N) is 1. The van der Waals surface area contributed by atoms with E-state index in [1.54, 1.807) is 4.31 Å². The van der Waals surface area contributed by atoms with Crippen molar-refractivity contribution in [2.24, 2.45) is 11.7 Å². The van der Waals surface area contributed by atoms with Crippen molar-refractivity contribution in [3.63, 3.8) is 0 Å². The molecule has 2 unspecified atom stereocenters. The average molecular weight is 235 g/mol. The van der Waals surface area contributed by atoms with Crippen molar-refractivity contribution in [1.82, 2.24) is 9.62 Å². The van der Waals surface area contributed by atoms with Crippen LogP contribution in [0.4, 0.5) is 0 Å². The normalized spacial score (nSPS) is 29.3. The molecule has 0 saturated carbocycles. The molecular weight excluding hydrogens is 214 g/mol. The molecule has 0 bridgehead atoms. The van der Waals surface area contributed by atoms with Crippen molar-refractivity contribution < 1.29 is 8.42 Å². The fourth-order valence-electron chi connectivity index (χ4n) is 1.95. The summed E-state index contributed by atoms with van der Waals surface area (Å²) >= 11 is 0. The molecule has 0 aromatic rings. The van der Waals surface area contributed by atoms with Crippen molar-refractivity contribution in [2.75, 3.05) is 32.4 Å². The maximum absolute atomic E-state index is 11.8. The van der Waals surface area contributed by atoms with E-state index in [0.717, 1.165) is 6.42 Å². The standard InChI is InChI=1S/C9H21N3O2S/c1-8-3-5-12(7-9(8)11-2)15(13,14)6-4-10/h8-9,11H,3-7,10H2,1-2H3. The van der Waals surface area contributed by atoms with Crippen LogP contribution in [0, 0.1) is 5.92 Å². The van der Waals surface area contributed by atoms with Crippen molar-refractivity contribution >= 4 is 10.0 Å². The first kappa shape index (κ1) is 12.9. The number of hydrogen-bond donors (Lipinski definition) is 2. The zero-order valence-electron chi connectivity index (χ0n) is 9.44. The summed E-state index contributed by atoms with van der Waals surface area (Å²) in [4.78, 5) is 0. The van der Waals surface area contributed by atoms with Gasteiger partial charge in [-0.2, -0.15) is 0 Å². The smallest absolute Gasteiger partial charge is 0.215 e. The Morgan fingerprint density at radius 3 is 2.73 bits per heavy atom. The van der Waals surface area contributed by atoms with Crippen molar-refractivity contribution in [2.45, 2.75) is 19.4 Å². The fourth-order valence-corrected chi connectivity index (χ4v) is 3.27. The van der Waals surface area contributed by atoms with Gasteiger partial charge in [-0.05, 0) is 19.4 Å². The van der Waals surface area contributed by atoms with E-state index in [4.69, 9.17) is 5.73 Å². The summed E-state index contributed by atoms with van der Waals surface area (Å²) in [7, 11) is -1.26. The van der Waals surface area contributed by atoms with Gasteiger partial charge in [-0.3, -0.25) is 0 Å². The highest BCUT2D eigenvalue weighted by molar-refractivity contribution is 7.89. The first-order chi connectivity index (χ1) is 7.01. The van der Waals surface area contributed by atoms with Gasteiger partial charge in [0.25, 0.3) is 0 Å². The Balaban J connectivity index is 2.66. The Hall–Kier alpha value is -0.170. The zero-order chi connectivity index (χ0) is 11.5. The summed E-state index contributed by atoms with van der Waals surface area (Å²) in [5, 5.41) is 3.16. The average Bonchev–Trinajstić information content (AvgIpc) is 2.18. The molecule has 0 aliphatic carbocycles. The largest absolute Gasteiger partial charge is 0.329 e. The molecule has 1 saturated heterocycles. The second-order valence-corrected chi connectivity index (χ2v) is 6.21. The molecule has 0 spiro atoms. The van der Waals surface area contributed by atoms with E-state index in [1.165, 1.54) is 0 Å². The number of nitrogens with two attached hydrogens (primary N) is 1. The third-order valence-electron chi connectivity index (χ3n) is 3.06. The quantitative estimate of drug-likeness (QED) is 0.669. The van der Waals surface area contributed by atoms with Crippen molar-refractivity contribution in [1.29, 1.82) is 0 Å². The van der Waals surface area contributed by atoms with Crippen LogP contribution in [0.3, 0.4) is 0 Å². The Morgan fingerprint density at radius 1 is 1.53 bits per heavy atom. The lowest BCUT2D eigenvalue weighted by atomic mass is 9.95. The Morgan fingerprint density at radius 2 is 2.20 bits per heavy atom. The summed E-state index contributed by atoms with van der Waals surface area (Å²) in [5.74, 6) is 0.581. The Labute approximate surface area is 92.1 Å². The van der Waals surface area contributed by atoms with Gasteiger partial charge in [-0.25, -0.2) is 12.7 Å². The minimum atomic E-state index is -3.13. The lowest BCUT2D eigenvalue weighted by Crippen LogP contribution is -2.51. The third-order valence-corrected chi connectivity index (χ3v) is 4.93. The Kier molecular flexibility index (Phi) is 4.51. The Bertz CT molecular complexity index is 292. The van der Waals surface area contributed by atoms with Crippen LogP contribution in [-0.4, -0.2) is 51.2 Å². The van der Waals surface area contributed by atoms with Gasteiger partial charge < -0.3 is 11.1 Å². The number of piperidine rings is 1. The van der Waals surface area contributed by atoms with Gasteiger partial charge in [0.1, 0.15) is 0 Å².